The number of carbonyl (C=O) groups excluding carboxylic acids is 1. The van der Waals surface area contributed by atoms with E-state index < -0.39 is 6.10 Å². The fourth-order valence-corrected chi connectivity index (χ4v) is 1.66. The lowest BCUT2D eigenvalue weighted by Gasteiger charge is -2.05. The summed E-state index contributed by atoms with van der Waals surface area (Å²) in [5.41, 5.74) is 0. The highest BCUT2D eigenvalue weighted by molar-refractivity contribution is 5.51. The number of unbranched alkanes of at least 4 members (excludes halogenated alkanes) is 5. The van der Waals surface area contributed by atoms with Crippen molar-refractivity contribution < 1.29 is 9.90 Å². The van der Waals surface area contributed by atoms with Crippen LogP contribution in [0.2, 0.25) is 0 Å². The topological polar surface area (TPSA) is 37.3 Å². The maximum Gasteiger partial charge on any atom is 0.201 e. The van der Waals surface area contributed by atoms with Crippen LogP contribution in [0, 0.1) is 0 Å². The van der Waals surface area contributed by atoms with Gasteiger partial charge in [-0.3, -0.25) is 4.79 Å². The normalized spacial score (nSPS) is 13.1. The summed E-state index contributed by atoms with van der Waals surface area (Å²) in [5, 5.41) is 9.28. The van der Waals surface area contributed by atoms with E-state index in [1.54, 1.807) is 6.29 Å². The number of allylic oxidation sites excluding steroid dienone is 2. The van der Waals surface area contributed by atoms with Gasteiger partial charge in [0.05, 0.1) is 6.10 Å². The lowest BCUT2D eigenvalue weighted by molar-refractivity contribution is 0.167. The second kappa shape index (κ2) is 12.4. The van der Waals surface area contributed by atoms with Gasteiger partial charge < -0.3 is 5.11 Å². The fourth-order valence-electron chi connectivity index (χ4n) is 1.66. The average molecular weight is 225 g/mol. The van der Waals surface area contributed by atoms with Crippen molar-refractivity contribution in [3.8, 4) is 0 Å². The number of hydrogen-bond acceptors (Lipinski definition) is 2. The summed E-state index contributed by atoms with van der Waals surface area (Å²) in [4.78, 5) is 9.98. The zero-order valence-electron chi connectivity index (χ0n) is 10.5. The SMILES string of the molecule is CC/C=C/CCCCCCCC(O)C[C]=O. The summed E-state index contributed by atoms with van der Waals surface area (Å²) >= 11 is 0. The molecule has 0 aromatic carbocycles. The summed E-state index contributed by atoms with van der Waals surface area (Å²) in [6.45, 7) is 2.15. The van der Waals surface area contributed by atoms with Gasteiger partial charge >= 0.3 is 0 Å². The predicted molar refractivity (Wildman–Crippen MR) is 68.1 cm³/mol. The maximum atomic E-state index is 9.98. The Bertz CT molecular complexity index is 176. The van der Waals surface area contributed by atoms with Gasteiger partial charge in [-0.05, 0) is 25.7 Å². The molecule has 0 spiro atoms. The van der Waals surface area contributed by atoms with E-state index in [1.165, 1.54) is 25.7 Å². The Morgan fingerprint density at radius 1 is 1.12 bits per heavy atom. The van der Waals surface area contributed by atoms with Crippen molar-refractivity contribution in [1.29, 1.82) is 0 Å². The van der Waals surface area contributed by atoms with Gasteiger partial charge in [-0.25, -0.2) is 0 Å². The van der Waals surface area contributed by atoms with Gasteiger partial charge in [0.25, 0.3) is 0 Å². The molecule has 0 bridgehead atoms. The molecule has 1 radical (unpaired) electrons. The summed E-state index contributed by atoms with van der Waals surface area (Å²) in [7, 11) is 0. The molecule has 0 aliphatic carbocycles. The minimum Gasteiger partial charge on any atom is -0.393 e. The van der Waals surface area contributed by atoms with Gasteiger partial charge in [0.15, 0.2) is 0 Å². The molecule has 2 nitrogen and oxygen atoms in total. The summed E-state index contributed by atoms with van der Waals surface area (Å²) in [6.07, 6.45) is 14.9. The molecule has 0 saturated heterocycles. The highest BCUT2D eigenvalue weighted by Gasteiger charge is 2.02. The molecule has 1 atom stereocenters. The largest absolute Gasteiger partial charge is 0.393 e. The molecule has 0 aromatic rings. The Morgan fingerprint density at radius 2 is 1.81 bits per heavy atom. The summed E-state index contributed by atoms with van der Waals surface area (Å²) < 4.78 is 0. The molecular weight excluding hydrogens is 200 g/mol. The first-order valence-electron chi connectivity index (χ1n) is 6.49. The number of aliphatic hydroxyl groups excluding tert-OH is 1. The van der Waals surface area contributed by atoms with Crippen LogP contribution in [-0.4, -0.2) is 17.5 Å². The minimum absolute atomic E-state index is 0.168. The first-order valence-corrected chi connectivity index (χ1v) is 6.49. The molecule has 93 valence electrons. The Morgan fingerprint density at radius 3 is 2.50 bits per heavy atom. The van der Waals surface area contributed by atoms with Crippen LogP contribution in [0.5, 0.6) is 0 Å². The molecule has 2 heteroatoms. The van der Waals surface area contributed by atoms with Crippen LogP contribution in [-0.2, 0) is 4.79 Å². The van der Waals surface area contributed by atoms with Crippen LogP contribution in [0.4, 0.5) is 0 Å². The van der Waals surface area contributed by atoms with Crippen LogP contribution in [0.1, 0.15) is 64.7 Å². The minimum atomic E-state index is -0.468. The monoisotopic (exact) mass is 225 g/mol. The number of rotatable bonds is 11. The second-order valence-electron chi connectivity index (χ2n) is 4.23. The first-order chi connectivity index (χ1) is 7.81. The van der Waals surface area contributed by atoms with E-state index in [4.69, 9.17) is 0 Å². The Kier molecular flexibility index (Phi) is 11.9. The van der Waals surface area contributed by atoms with Crippen molar-refractivity contribution >= 4 is 6.29 Å². The molecule has 0 amide bonds. The molecule has 0 rings (SSSR count). The van der Waals surface area contributed by atoms with Crippen LogP contribution in [0.15, 0.2) is 12.2 Å². The van der Waals surface area contributed by atoms with Crippen LogP contribution >= 0.6 is 0 Å². The van der Waals surface area contributed by atoms with E-state index in [0.29, 0.717) is 0 Å². The summed E-state index contributed by atoms with van der Waals surface area (Å²) in [5.74, 6) is 0. The standard InChI is InChI=1S/C14H25O2/c1-2-3-4-5-6-7-8-9-10-11-14(16)12-13-15/h3-4,14,16H,2,5-12H2,1H3/b4-3+. The Labute approximate surface area is 99.7 Å². The molecule has 0 aromatic heterocycles. The van der Waals surface area contributed by atoms with Gasteiger partial charge in [-0.1, -0.05) is 44.8 Å². The highest BCUT2D eigenvalue weighted by atomic mass is 16.3. The van der Waals surface area contributed by atoms with E-state index in [0.717, 1.165) is 25.7 Å². The van der Waals surface area contributed by atoms with Crippen molar-refractivity contribution in [2.24, 2.45) is 0 Å². The third-order valence-corrected chi connectivity index (χ3v) is 2.63. The molecule has 16 heavy (non-hydrogen) atoms. The maximum absolute atomic E-state index is 9.98. The predicted octanol–water partition coefficient (Wildman–Crippen LogP) is 3.54. The van der Waals surface area contributed by atoms with Crippen LogP contribution in [0.25, 0.3) is 0 Å². The van der Waals surface area contributed by atoms with E-state index in [2.05, 4.69) is 19.1 Å². The third kappa shape index (κ3) is 11.4. The molecule has 1 unspecified atom stereocenters. The molecule has 0 saturated carbocycles. The highest BCUT2D eigenvalue weighted by Crippen LogP contribution is 2.10. The van der Waals surface area contributed by atoms with Crippen molar-refractivity contribution in [3.63, 3.8) is 0 Å². The first kappa shape index (κ1) is 15.4. The Hall–Kier alpha value is -0.630. The van der Waals surface area contributed by atoms with Crippen LogP contribution in [0.3, 0.4) is 0 Å². The van der Waals surface area contributed by atoms with Crippen LogP contribution < -0.4 is 0 Å². The smallest absolute Gasteiger partial charge is 0.201 e. The number of hydrogen-bond donors (Lipinski definition) is 1. The van der Waals surface area contributed by atoms with Gasteiger partial charge in [0, 0.05) is 6.42 Å². The van der Waals surface area contributed by atoms with Gasteiger partial charge in [-0.2, -0.15) is 0 Å². The van der Waals surface area contributed by atoms with Gasteiger partial charge in [0.2, 0.25) is 6.29 Å². The van der Waals surface area contributed by atoms with E-state index in [1.807, 2.05) is 0 Å². The van der Waals surface area contributed by atoms with Crippen molar-refractivity contribution in [1.82, 2.24) is 0 Å². The number of aliphatic hydroxyl groups is 1. The molecular formula is C14H25O2. The van der Waals surface area contributed by atoms with Crippen molar-refractivity contribution in [2.45, 2.75) is 70.8 Å². The van der Waals surface area contributed by atoms with Crippen molar-refractivity contribution in [2.75, 3.05) is 0 Å². The van der Waals surface area contributed by atoms with E-state index in [9.17, 15) is 9.90 Å². The molecule has 0 aliphatic rings. The molecule has 1 N–H and O–H groups in total. The summed E-state index contributed by atoms with van der Waals surface area (Å²) in [6, 6.07) is 0. The van der Waals surface area contributed by atoms with Crippen molar-refractivity contribution in [3.05, 3.63) is 12.2 Å². The molecule has 0 fully saturated rings. The molecule has 0 heterocycles. The zero-order chi connectivity index (χ0) is 12.1. The third-order valence-electron chi connectivity index (χ3n) is 2.63. The van der Waals surface area contributed by atoms with Gasteiger partial charge in [0.1, 0.15) is 0 Å². The lowest BCUT2D eigenvalue weighted by atomic mass is 10.1. The second-order valence-corrected chi connectivity index (χ2v) is 4.23. The Balaban J connectivity index is 3.09. The zero-order valence-corrected chi connectivity index (χ0v) is 10.5. The van der Waals surface area contributed by atoms with Gasteiger partial charge in [-0.15, -0.1) is 0 Å². The molecule has 0 aliphatic heterocycles. The quantitative estimate of drug-likeness (QED) is 0.431. The van der Waals surface area contributed by atoms with E-state index in [-0.39, 0.29) is 6.42 Å². The fraction of sp³-hybridized carbons (Fsp3) is 0.786. The average Bonchev–Trinajstić information content (AvgIpc) is 2.27. The van der Waals surface area contributed by atoms with E-state index >= 15 is 0 Å². The lowest BCUT2D eigenvalue weighted by Crippen LogP contribution is -2.06.